The molecule has 2 amide bonds. The van der Waals surface area contributed by atoms with E-state index in [4.69, 9.17) is 4.74 Å². The number of fused-ring (bicyclic) bond motifs is 2. The molecule has 4 rings (SSSR count). The fourth-order valence-electron chi connectivity index (χ4n) is 3.50. The van der Waals surface area contributed by atoms with E-state index >= 15 is 0 Å². The molecule has 1 unspecified atom stereocenters. The van der Waals surface area contributed by atoms with E-state index in [0.29, 0.717) is 11.1 Å². The Morgan fingerprint density at radius 2 is 1.54 bits per heavy atom. The summed E-state index contributed by atoms with van der Waals surface area (Å²) in [5.74, 6) is -0.660. The molecule has 0 spiro atoms. The van der Waals surface area contributed by atoms with E-state index in [2.05, 4.69) is 0 Å². The second-order valence-electron chi connectivity index (χ2n) is 6.90. The summed E-state index contributed by atoms with van der Waals surface area (Å²) in [4.78, 5) is 38.8. The first-order valence-corrected chi connectivity index (χ1v) is 9.05. The summed E-state index contributed by atoms with van der Waals surface area (Å²) < 4.78 is 5.24. The number of ketones is 1. The maximum atomic E-state index is 12.8. The quantitative estimate of drug-likeness (QED) is 0.638. The lowest BCUT2D eigenvalue weighted by molar-refractivity contribution is -0.120. The van der Waals surface area contributed by atoms with Crippen LogP contribution in [0.15, 0.2) is 60.7 Å². The molecule has 1 aliphatic rings. The molecular weight excluding hydrogens is 354 g/mol. The summed E-state index contributed by atoms with van der Waals surface area (Å²) in [7, 11) is 1.62. The highest BCUT2D eigenvalue weighted by Gasteiger charge is 2.36. The number of carbonyl (C=O) groups is 3. The number of Topliss-reactive ketones (excluding diaryl/α,β-unsaturated/α-hetero) is 1. The Hall–Kier alpha value is -3.47. The van der Waals surface area contributed by atoms with Crippen molar-refractivity contribution in [1.29, 1.82) is 0 Å². The van der Waals surface area contributed by atoms with Crippen LogP contribution in [0.4, 0.5) is 0 Å². The SMILES string of the molecule is COc1ccc2cc(C(C)C(=O)CN3C(=O)c4ccccc4C3=O)ccc2c1. The number of hydrogen-bond donors (Lipinski definition) is 0. The first-order valence-electron chi connectivity index (χ1n) is 9.05. The third-order valence-electron chi connectivity index (χ3n) is 5.25. The van der Waals surface area contributed by atoms with Gasteiger partial charge in [-0.25, -0.2) is 0 Å². The van der Waals surface area contributed by atoms with Gasteiger partial charge in [0.2, 0.25) is 0 Å². The van der Waals surface area contributed by atoms with Crippen LogP contribution >= 0.6 is 0 Å². The van der Waals surface area contributed by atoms with Gasteiger partial charge in [-0.05, 0) is 40.6 Å². The van der Waals surface area contributed by atoms with Crippen LogP contribution in [0, 0.1) is 0 Å². The number of benzene rings is 3. The molecule has 3 aromatic carbocycles. The van der Waals surface area contributed by atoms with Crippen LogP contribution in [0.25, 0.3) is 10.8 Å². The van der Waals surface area contributed by atoms with Crippen molar-refractivity contribution in [1.82, 2.24) is 4.90 Å². The Morgan fingerprint density at radius 3 is 2.18 bits per heavy atom. The van der Waals surface area contributed by atoms with Gasteiger partial charge in [-0.3, -0.25) is 19.3 Å². The van der Waals surface area contributed by atoms with E-state index in [1.165, 1.54) is 0 Å². The monoisotopic (exact) mass is 373 g/mol. The average Bonchev–Trinajstić information content (AvgIpc) is 2.97. The summed E-state index contributed by atoms with van der Waals surface area (Å²) in [6, 6.07) is 18.2. The number of rotatable bonds is 5. The minimum atomic E-state index is -0.434. The normalized spacial score (nSPS) is 14.3. The second-order valence-corrected chi connectivity index (χ2v) is 6.90. The number of methoxy groups -OCH3 is 1. The molecule has 0 saturated carbocycles. The van der Waals surface area contributed by atoms with Crippen LogP contribution < -0.4 is 4.74 Å². The summed E-state index contributed by atoms with van der Waals surface area (Å²) in [6.07, 6.45) is 0. The van der Waals surface area contributed by atoms with Crippen LogP contribution in [0.3, 0.4) is 0 Å². The van der Waals surface area contributed by atoms with Crippen molar-refractivity contribution < 1.29 is 19.1 Å². The highest BCUT2D eigenvalue weighted by molar-refractivity contribution is 6.22. The van der Waals surface area contributed by atoms with Crippen molar-refractivity contribution in [2.24, 2.45) is 0 Å². The fourth-order valence-corrected chi connectivity index (χ4v) is 3.50. The zero-order valence-corrected chi connectivity index (χ0v) is 15.6. The lowest BCUT2D eigenvalue weighted by Gasteiger charge is -2.17. The van der Waals surface area contributed by atoms with Gasteiger partial charge < -0.3 is 4.74 Å². The Labute approximate surface area is 162 Å². The molecule has 0 N–H and O–H groups in total. The zero-order chi connectivity index (χ0) is 19.8. The molecule has 5 heteroatoms. The van der Waals surface area contributed by atoms with Crippen LogP contribution in [0.2, 0.25) is 0 Å². The summed E-state index contributed by atoms with van der Waals surface area (Å²) in [6.45, 7) is 1.57. The van der Waals surface area contributed by atoms with Gasteiger partial charge in [0.25, 0.3) is 11.8 Å². The maximum Gasteiger partial charge on any atom is 0.261 e. The molecule has 3 aromatic rings. The molecular formula is C23H19NO4. The van der Waals surface area contributed by atoms with Gasteiger partial charge in [0.05, 0.1) is 24.8 Å². The molecule has 1 aliphatic heterocycles. The van der Waals surface area contributed by atoms with Crippen LogP contribution in [0.1, 0.15) is 39.1 Å². The molecule has 0 aromatic heterocycles. The van der Waals surface area contributed by atoms with Crippen molar-refractivity contribution in [2.45, 2.75) is 12.8 Å². The van der Waals surface area contributed by atoms with E-state index in [9.17, 15) is 14.4 Å². The molecule has 1 heterocycles. The molecule has 5 nitrogen and oxygen atoms in total. The van der Waals surface area contributed by atoms with Crippen LogP contribution in [-0.4, -0.2) is 36.2 Å². The van der Waals surface area contributed by atoms with E-state index in [-0.39, 0.29) is 12.3 Å². The Bertz CT molecular complexity index is 1080. The highest BCUT2D eigenvalue weighted by Crippen LogP contribution is 2.27. The van der Waals surface area contributed by atoms with Gasteiger partial charge in [0, 0.05) is 5.92 Å². The predicted molar refractivity (Wildman–Crippen MR) is 106 cm³/mol. The van der Waals surface area contributed by atoms with Crippen LogP contribution in [0.5, 0.6) is 5.75 Å². The number of nitrogens with zero attached hydrogens (tertiary/aromatic N) is 1. The Morgan fingerprint density at radius 1 is 0.929 bits per heavy atom. The smallest absolute Gasteiger partial charge is 0.261 e. The number of imide groups is 1. The largest absolute Gasteiger partial charge is 0.497 e. The number of ether oxygens (including phenoxy) is 1. The molecule has 28 heavy (non-hydrogen) atoms. The van der Waals surface area contributed by atoms with Gasteiger partial charge in [-0.1, -0.05) is 43.3 Å². The van der Waals surface area contributed by atoms with Crippen molar-refractivity contribution in [2.75, 3.05) is 13.7 Å². The zero-order valence-electron chi connectivity index (χ0n) is 15.6. The third kappa shape index (κ3) is 2.95. The fraction of sp³-hybridized carbons (Fsp3) is 0.174. The van der Waals surface area contributed by atoms with E-state index in [0.717, 1.165) is 27.0 Å². The molecule has 1 atom stereocenters. The number of carbonyl (C=O) groups excluding carboxylic acids is 3. The van der Waals surface area contributed by atoms with Gasteiger partial charge in [-0.2, -0.15) is 0 Å². The van der Waals surface area contributed by atoms with E-state index in [1.807, 2.05) is 36.4 Å². The lowest BCUT2D eigenvalue weighted by Crippen LogP contribution is -2.36. The van der Waals surface area contributed by atoms with Crippen molar-refractivity contribution in [3.05, 3.63) is 77.4 Å². The number of amides is 2. The van der Waals surface area contributed by atoms with Gasteiger partial charge in [-0.15, -0.1) is 0 Å². The summed E-state index contributed by atoms with van der Waals surface area (Å²) >= 11 is 0. The predicted octanol–water partition coefficient (Wildman–Crippen LogP) is 3.82. The topological polar surface area (TPSA) is 63.7 Å². The maximum absolute atomic E-state index is 12.8. The minimum absolute atomic E-state index is 0.178. The summed E-state index contributed by atoms with van der Waals surface area (Å²) in [5, 5.41) is 2.02. The van der Waals surface area contributed by atoms with Crippen molar-refractivity contribution in [3.8, 4) is 5.75 Å². The highest BCUT2D eigenvalue weighted by atomic mass is 16.5. The first kappa shape index (κ1) is 17.9. The summed E-state index contributed by atoms with van der Waals surface area (Å²) in [5.41, 5.74) is 1.56. The second kappa shape index (κ2) is 6.93. The molecule has 0 radical (unpaired) electrons. The lowest BCUT2D eigenvalue weighted by atomic mass is 9.94. The molecule has 0 fully saturated rings. The molecule has 140 valence electrons. The minimum Gasteiger partial charge on any atom is -0.497 e. The average molecular weight is 373 g/mol. The standard InChI is InChI=1S/C23H19NO4/c1-14(15-7-8-17-12-18(28-2)10-9-16(17)11-15)21(25)13-24-22(26)19-5-3-4-6-20(19)23(24)27/h3-12,14H,13H2,1-2H3. The molecule has 0 bridgehead atoms. The number of hydrogen-bond acceptors (Lipinski definition) is 4. The van der Waals surface area contributed by atoms with Gasteiger partial charge in [0.15, 0.2) is 5.78 Å². The Kier molecular flexibility index (Phi) is 4.43. The third-order valence-corrected chi connectivity index (χ3v) is 5.25. The first-order chi connectivity index (χ1) is 13.5. The van der Waals surface area contributed by atoms with Crippen molar-refractivity contribution >= 4 is 28.4 Å². The Balaban J connectivity index is 1.55. The van der Waals surface area contributed by atoms with Crippen molar-refractivity contribution in [3.63, 3.8) is 0 Å². The van der Waals surface area contributed by atoms with E-state index in [1.54, 1.807) is 38.3 Å². The molecule has 0 saturated heterocycles. The van der Waals surface area contributed by atoms with Gasteiger partial charge >= 0.3 is 0 Å². The molecule has 0 aliphatic carbocycles. The van der Waals surface area contributed by atoms with Gasteiger partial charge in [0.1, 0.15) is 5.75 Å². The van der Waals surface area contributed by atoms with E-state index < -0.39 is 17.7 Å². The van der Waals surface area contributed by atoms with Crippen LogP contribution in [-0.2, 0) is 4.79 Å².